The van der Waals surface area contributed by atoms with Gasteiger partial charge in [-0.15, -0.1) is 0 Å². The molecular weight excluding hydrogens is 304 g/mol. The van der Waals surface area contributed by atoms with Crippen molar-refractivity contribution in [3.8, 4) is 0 Å². The van der Waals surface area contributed by atoms with Crippen LogP contribution in [-0.2, 0) is 6.54 Å². The molecule has 1 aromatic heterocycles. The monoisotopic (exact) mass is 334 g/mol. The van der Waals surface area contributed by atoms with Crippen LogP contribution in [0.1, 0.15) is 55.7 Å². The lowest BCUT2D eigenvalue weighted by molar-refractivity contribution is 0.0917. The smallest absolute Gasteiger partial charge is 0.269 e. The van der Waals surface area contributed by atoms with Gasteiger partial charge in [0.1, 0.15) is 5.69 Å². The van der Waals surface area contributed by atoms with Crippen LogP contribution < -0.4 is 5.32 Å². The van der Waals surface area contributed by atoms with Crippen molar-refractivity contribution in [1.29, 1.82) is 0 Å². The van der Waals surface area contributed by atoms with Crippen LogP contribution in [0.4, 0.5) is 0 Å². The number of nitrogens with zero attached hydrogens (tertiary/aromatic N) is 3. The zero-order valence-electron chi connectivity index (χ0n) is 15.0. The van der Waals surface area contributed by atoms with Gasteiger partial charge >= 0.3 is 0 Å². The van der Waals surface area contributed by atoms with Gasteiger partial charge in [-0.2, -0.15) is 5.10 Å². The van der Waals surface area contributed by atoms with E-state index in [1.807, 2.05) is 13.0 Å². The maximum atomic E-state index is 12.8. The molecule has 1 aliphatic carbocycles. The van der Waals surface area contributed by atoms with Crippen molar-refractivity contribution in [3.05, 3.63) is 17.5 Å². The third-order valence-corrected chi connectivity index (χ3v) is 5.32. The van der Waals surface area contributed by atoms with Crippen molar-refractivity contribution < 1.29 is 9.90 Å². The van der Waals surface area contributed by atoms with Gasteiger partial charge in [-0.1, -0.05) is 13.8 Å². The zero-order valence-corrected chi connectivity index (χ0v) is 15.0. The molecule has 2 atom stereocenters. The highest BCUT2D eigenvalue weighted by atomic mass is 16.3. The predicted octanol–water partition coefficient (Wildman–Crippen LogP) is 1.46. The predicted molar refractivity (Wildman–Crippen MR) is 93.0 cm³/mol. The average molecular weight is 334 g/mol. The molecule has 6 nitrogen and oxygen atoms in total. The van der Waals surface area contributed by atoms with E-state index in [0.717, 1.165) is 24.7 Å². The standard InChI is InChI=1S/C18H30N4O2/c1-4-22-17(9-15(20-22)12(2)3)18(24)19-16-11-21(7-8-23)10-14(16)13-5-6-13/h9,12-14,16,23H,4-8,10-11H2,1-3H3,(H,19,24)/t14-,16+/m1/s1. The van der Waals surface area contributed by atoms with Gasteiger partial charge in [0.25, 0.3) is 5.91 Å². The molecular formula is C18H30N4O2. The van der Waals surface area contributed by atoms with Gasteiger partial charge in [-0.25, -0.2) is 0 Å². The minimum atomic E-state index is -0.0160. The number of aromatic nitrogens is 2. The molecule has 2 aliphatic rings. The molecule has 2 fully saturated rings. The van der Waals surface area contributed by atoms with Gasteiger partial charge in [-0.05, 0) is 43.6 Å². The summed E-state index contributed by atoms with van der Waals surface area (Å²) in [6.07, 6.45) is 2.54. The minimum Gasteiger partial charge on any atom is -0.395 e. The second-order valence-corrected chi connectivity index (χ2v) is 7.49. The van der Waals surface area contributed by atoms with Crippen LogP contribution in [0.15, 0.2) is 6.07 Å². The maximum absolute atomic E-state index is 12.8. The van der Waals surface area contributed by atoms with Crippen molar-refractivity contribution >= 4 is 5.91 Å². The molecule has 0 unspecified atom stereocenters. The van der Waals surface area contributed by atoms with E-state index in [9.17, 15) is 9.90 Å². The molecule has 0 spiro atoms. The van der Waals surface area contributed by atoms with Crippen molar-refractivity contribution in [2.45, 2.75) is 52.1 Å². The van der Waals surface area contributed by atoms with Gasteiger partial charge in [0, 0.05) is 32.2 Å². The number of nitrogens with one attached hydrogen (secondary N) is 1. The lowest BCUT2D eigenvalue weighted by Gasteiger charge is -2.19. The first-order chi connectivity index (χ1) is 11.5. The van der Waals surface area contributed by atoms with Crippen LogP contribution in [0.5, 0.6) is 0 Å². The van der Waals surface area contributed by atoms with Gasteiger partial charge in [-0.3, -0.25) is 14.4 Å². The number of aliphatic hydroxyl groups is 1. The Kier molecular flexibility index (Phi) is 5.25. The number of carbonyl (C=O) groups is 1. The van der Waals surface area contributed by atoms with Crippen LogP contribution >= 0.6 is 0 Å². The molecule has 134 valence electrons. The Morgan fingerprint density at radius 1 is 1.42 bits per heavy atom. The molecule has 0 bridgehead atoms. The summed E-state index contributed by atoms with van der Waals surface area (Å²) in [7, 11) is 0. The van der Waals surface area contributed by atoms with Crippen LogP contribution in [0.3, 0.4) is 0 Å². The third-order valence-electron chi connectivity index (χ3n) is 5.32. The van der Waals surface area contributed by atoms with Gasteiger partial charge < -0.3 is 10.4 Å². The lowest BCUT2D eigenvalue weighted by Crippen LogP contribution is -2.42. The lowest BCUT2D eigenvalue weighted by atomic mass is 9.98. The maximum Gasteiger partial charge on any atom is 0.269 e. The normalized spacial score (nSPS) is 24.7. The van der Waals surface area contributed by atoms with Crippen molar-refractivity contribution in [1.82, 2.24) is 20.0 Å². The molecule has 1 saturated carbocycles. The van der Waals surface area contributed by atoms with E-state index >= 15 is 0 Å². The molecule has 3 rings (SSSR count). The first kappa shape index (κ1) is 17.4. The largest absolute Gasteiger partial charge is 0.395 e. The Balaban J connectivity index is 1.71. The van der Waals surface area contributed by atoms with E-state index in [-0.39, 0.29) is 18.6 Å². The Hall–Kier alpha value is -1.40. The van der Waals surface area contributed by atoms with Crippen LogP contribution in [0, 0.1) is 11.8 Å². The van der Waals surface area contributed by atoms with Crippen LogP contribution in [0.25, 0.3) is 0 Å². The number of aliphatic hydroxyl groups excluding tert-OH is 1. The first-order valence-corrected chi connectivity index (χ1v) is 9.25. The highest BCUT2D eigenvalue weighted by molar-refractivity contribution is 5.93. The Morgan fingerprint density at radius 3 is 2.75 bits per heavy atom. The molecule has 1 aliphatic heterocycles. The fraction of sp³-hybridized carbons (Fsp3) is 0.778. The molecule has 2 N–H and O–H groups in total. The molecule has 6 heteroatoms. The SMILES string of the molecule is CCn1nc(C(C)C)cc1C(=O)N[C@H]1CN(CCO)C[C@@H]1C1CC1. The molecule has 1 saturated heterocycles. The van der Waals surface area contributed by atoms with Crippen LogP contribution in [-0.4, -0.2) is 58.0 Å². The second-order valence-electron chi connectivity index (χ2n) is 7.49. The fourth-order valence-corrected chi connectivity index (χ4v) is 3.78. The highest BCUT2D eigenvalue weighted by Crippen LogP contribution is 2.41. The van der Waals surface area contributed by atoms with Gasteiger partial charge in [0.15, 0.2) is 0 Å². The van der Waals surface area contributed by atoms with E-state index < -0.39 is 0 Å². The number of hydrogen-bond donors (Lipinski definition) is 2. The van der Waals surface area contributed by atoms with E-state index in [2.05, 4.69) is 29.2 Å². The average Bonchev–Trinajstić information content (AvgIpc) is 3.16. The zero-order chi connectivity index (χ0) is 17.3. The van der Waals surface area contributed by atoms with E-state index in [4.69, 9.17) is 0 Å². The van der Waals surface area contributed by atoms with E-state index in [1.54, 1.807) is 4.68 Å². The van der Waals surface area contributed by atoms with Crippen molar-refractivity contribution in [2.24, 2.45) is 11.8 Å². The highest BCUT2D eigenvalue weighted by Gasteiger charge is 2.43. The number of aryl methyl sites for hydroxylation is 1. The third kappa shape index (κ3) is 3.64. The quantitative estimate of drug-likeness (QED) is 0.792. The van der Waals surface area contributed by atoms with E-state index in [1.165, 1.54) is 12.8 Å². The summed E-state index contributed by atoms with van der Waals surface area (Å²) in [5.74, 6) is 1.55. The summed E-state index contributed by atoms with van der Waals surface area (Å²) in [5, 5.41) is 17.0. The number of hydrogen-bond acceptors (Lipinski definition) is 4. The van der Waals surface area contributed by atoms with Crippen LogP contribution in [0.2, 0.25) is 0 Å². The molecule has 0 radical (unpaired) electrons. The minimum absolute atomic E-state index is 0.0160. The van der Waals surface area contributed by atoms with E-state index in [0.29, 0.717) is 30.6 Å². The summed E-state index contributed by atoms with van der Waals surface area (Å²) in [6, 6.07) is 2.11. The molecule has 24 heavy (non-hydrogen) atoms. The van der Waals surface area contributed by atoms with Gasteiger partial charge in [0.2, 0.25) is 0 Å². The summed E-state index contributed by atoms with van der Waals surface area (Å²) in [4.78, 5) is 15.1. The molecule has 1 amide bonds. The number of β-amino-alcohol motifs (C(OH)–C–C–N with tert-alkyl or cyclic N) is 1. The summed E-state index contributed by atoms with van der Waals surface area (Å²) >= 11 is 0. The Labute approximate surface area is 144 Å². The topological polar surface area (TPSA) is 70.4 Å². The summed E-state index contributed by atoms with van der Waals surface area (Å²) in [5.41, 5.74) is 1.63. The van der Waals surface area contributed by atoms with Crippen molar-refractivity contribution in [2.75, 3.05) is 26.2 Å². The van der Waals surface area contributed by atoms with Gasteiger partial charge in [0.05, 0.1) is 12.3 Å². The number of likely N-dealkylation sites (tertiary alicyclic amines) is 1. The molecule has 1 aromatic rings. The number of carbonyl (C=O) groups excluding carboxylic acids is 1. The number of amides is 1. The number of rotatable bonds is 7. The fourth-order valence-electron chi connectivity index (χ4n) is 3.78. The molecule has 0 aromatic carbocycles. The van der Waals surface area contributed by atoms with Crippen molar-refractivity contribution in [3.63, 3.8) is 0 Å². The Morgan fingerprint density at radius 2 is 2.17 bits per heavy atom. The second kappa shape index (κ2) is 7.23. The molecule has 2 heterocycles. The first-order valence-electron chi connectivity index (χ1n) is 9.25. The summed E-state index contributed by atoms with van der Waals surface area (Å²) in [6.45, 7) is 9.60. The summed E-state index contributed by atoms with van der Waals surface area (Å²) < 4.78 is 1.80. The Bertz CT molecular complexity index is 580.